The highest BCUT2D eigenvalue weighted by molar-refractivity contribution is 7.92. The first-order valence-electron chi connectivity index (χ1n) is 8.92. The third kappa shape index (κ3) is 4.36. The quantitative estimate of drug-likeness (QED) is 0.636. The molecule has 2 heterocycles. The molecule has 1 aromatic heterocycles. The van der Waals surface area contributed by atoms with E-state index >= 15 is 0 Å². The minimum Gasteiger partial charge on any atom is -0.497 e. The van der Waals surface area contributed by atoms with E-state index in [1.807, 2.05) is 12.1 Å². The van der Waals surface area contributed by atoms with E-state index in [9.17, 15) is 16.8 Å². The van der Waals surface area contributed by atoms with Gasteiger partial charge in [-0.05, 0) is 37.0 Å². The van der Waals surface area contributed by atoms with E-state index in [2.05, 4.69) is 10.2 Å². The molecule has 28 heavy (non-hydrogen) atoms. The lowest BCUT2D eigenvalue weighted by Gasteiger charge is -2.30. The molecule has 3 rings (SSSR count). The summed E-state index contributed by atoms with van der Waals surface area (Å²) in [5, 5.41) is 6.59. The maximum absolute atomic E-state index is 12.7. The van der Waals surface area contributed by atoms with Crippen molar-refractivity contribution in [3.05, 3.63) is 36.2 Å². The van der Waals surface area contributed by atoms with Crippen molar-refractivity contribution in [2.24, 2.45) is 7.05 Å². The Labute approximate surface area is 165 Å². The number of aromatic nitrogens is 3. The van der Waals surface area contributed by atoms with Crippen LogP contribution < -0.4 is 4.74 Å². The number of aryl methyl sites for hydroxylation is 2. The summed E-state index contributed by atoms with van der Waals surface area (Å²) in [6.07, 6.45) is 2.23. The molecule has 9 nitrogen and oxygen atoms in total. The maximum Gasteiger partial charge on any atom is 0.249 e. The van der Waals surface area contributed by atoms with Gasteiger partial charge >= 0.3 is 0 Å². The van der Waals surface area contributed by atoms with Gasteiger partial charge in [-0.2, -0.15) is 0 Å². The van der Waals surface area contributed by atoms with Crippen molar-refractivity contribution >= 4 is 19.9 Å². The highest BCUT2D eigenvalue weighted by atomic mass is 32.2. The van der Waals surface area contributed by atoms with E-state index in [4.69, 9.17) is 4.74 Å². The molecule has 1 aromatic carbocycles. The zero-order valence-corrected chi connectivity index (χ0v) is 17.5. The molecule has 0 saturated carbocycles. The van der Waals surface area contributed by atoms with Crippen LogP contribution in [0.4, 0.5) is 0 Å². The van der Waals surface area contributed by atoms with Gasteiger partial charge in [0.1, 0.15) is 12.1 Å². The third-order valence-electron chi connectivity index (χ3n) is 4.97. The molecular weight excluding hydrogens is 404 g/mol. The van der Waals surface area contributed by atoms with E-state index in [1.165, 1.54) is 15.2 Å². The van der Waals surface area contributed by atoms with Crippen LogP contribution >= 0.6 is 0 Å². The predicted molar refractivity (Wildman–Crippen MR) is 103 cm³/mol. The van der Waals surface area contributed by atoms with E-state index in [1.54, 1.807) is 26.3 Å². The number of nitrogens with zero attached hydrogens (tertiary/aromatic N) is 4. The molecule has 2 aromatic rings. The molecule has 154 valence electrons. The Hall–Kier alpha value is -1.98. The van der Waals surface area contributed by atoms with Crippen LogP contribution in [0.2, 0.25) is 0 Å². The summed E-state index contributed by atoms with van der Waals surface area (Å²) < 4.78 is 58.5. The number of ether oxygens (including phenoxy) is 1. The SMILES string of the molecule is COc1ccc(CCS(=O)(=O)N2CCC(S(=O)(=O)c3nncn3C)CC2)cc1. The van der Waals surface area contributed by atoms with Gasteiger partial charge in [-0.3, -0.25) is 0 Å². The van der Waals surface area contributed by atoms with Crippen LogP contribution in [0.3, 0.4) is 0 Å². The minimum atomic E-state index is -3.62. The van der Waals surface area contributed by atoms with Crippen LogP contribution in [0.1, 0.15) is 18.4 Å². The zero-order chi connectivity index (χ0) is 20.4. The number of sulfone groups is 1. The zero-order valence-electron chi connectivity index (χ0n) is 15.9. The fraction of sp³-hybridized carbons (Fsp3) is 0.529. The fourth-order valence-electron chi connectivity index (χ4n) is 3.27. The summed E-state index contributed by atoms with van der Waals surface area (Å²) in [4.78, 5) is 0. The average Bonchev–Trinajstić information content (AvgIpc) is 3.14. The Morgan fingerprint density at radius 1 is 1.11 bits per heavy atom. The number of methoxy groups -OCH3 is 1. The minimum absolute atomic E-state index is 0.0139. The van der Waals surface area contributed by atoms with Crippen LogP contribution in [0.15, 0.2) is 35.7 Å². The predicted octanol–water partition coefficient (Wildman–Crippen LogP) is 0.634. The Morgan fingerprint density at radius 2 is 1.75 bits per heavy atom. The van der Waals surface area contributed by atoms with E-state index < -0.39 is 25.1 Å². The molecular formula is C17H24N4O5S2. The van der Waals surface area contributed by atoms with E-state index in [0.29, 0.717) is 6.42 Å². The molecule has 0 spiro atoms. The van der Waals surface area contributed by atoms with Gasteiger partial charge in [0.15, 0.2) is 0 Å². The lowest BCUT2D eigenvalue weighted by Crippen LogP contribution is -2.43. The Bertz CT molecular complexity index is 1010. The summed E-state index contributed by atoms with van der Waals surface area (Å²) >= 11 is 0. The fourth-order valence-corrected chi connectivity index (χ4v) is 6.53. The Balaban J connectivity index is 1.59. The summed E-state index contributed by atoms with van der Waals surface area (Å²) in [5.41, 5.74) is 0.907. The van der Waals surface area contributed by atoms with Gasteiger partial charge in [0, 0.05) is 20.1 Å². The summed E-state index contributed by atoms with van der Waals surface area (Å²) in [6.45, 7) is 0.374. The van der Waals surface area contributed by atoms with Gasteiger partial charge in [-0.25, -0.2) is 21.1 Å². The number of sulfonamides is 1. The van der Waals surface area contributed by atoms with Gasteiger partial charge in [0.25, 0.3) is 0 Å². The topological polar surface area (TPSA) is 111 Å². The third-order valence-corrected chi connectivity index (χ3v) is 9.06. The molecule has 1 aliphatic heterocycles. The highest BCUT2D eigenvalue weighted by Crippen LogP contribution is 2.25. The summed E-state index contributed by atoms with van der Waals surface area (Å²) in [5.74, 6) is 0.706. The molecule has 0 unspecified atom stereocenters. The molecule has 1 aliphatic rings. The van der Waals surface area contributed by atoms with Crippen molar-refractivity contribution in [3.63, 3.8) is 0 Å². The largest absolute Gasteiger partial charge is 0.497 e. The Kier molecular flexibility index (Phi) is 6.06. The van der Waals surface area contributed by atoms with Crippen molar-refractivity contribution in [3.8, 4) is 5.75 Å². The lowest BCUT2D eigenvalue weighted by molar-refractivity contribution is 0.344. The number of benzene rings is 1. The first-order chi connectivity index (χ1) is 13.2. The second-order valence-corrected chi connectivity index (χ2v) is 11.0. The maximum atomic E-state index is 12.7. The number of piperidine rings is 1. The molecule has 0 aliphatic carbocycles. The second-order valence-electron chi connectivity index (χ2n) is 6.78. The summed E-state index contributed by atoms with van der Waals surface area (Å²) in [7, 11) is -3.93. The van der Waals surface area contributed by atoms with Gasteiger partial charge in [-0.1, -0.05) is 12.1 Å². The van der Waals surface area contributed by atoms with Gasteiger partial charge in [0.2, 0.25) is 25.0 Å². The first-order valence-corrected chi connectivity index (χ1v) is 12.1. The van der Waals surface area contributed by atoms with Crippen LogP contribution in [-0.4, -0.2) is 67.1 Å². The smallest absolute Gasteiger partial charge is 0.249 e. The van der Waals surface area contributed by atoms with Crippen molar-refractivity contribution in [1.82, 2.24) is 19.1 Å². The van der Waals surface area contributed by atoms with Gasteiger partial charge in [0.05, 0.1) is 18.1 Å². The summed E-state index contributed by atoms with van der Waals surface area (Å²) in [6, 6.07) is 7.28. The normalized spacial score (nSPS) is 16.9. The van der Waals surface area contributed by atoms with Gasteiger partial charge < -0.3 is 9.30 Å². The Morgan fingerprint density at radius 3 is 2.29 bits per heavy atom. The van der Waals surface area contributed by atoms with Crippen molar-refractivity contribution in [2.45, 2.75) is 29.7 Å². The van der Waals surface area contributed by atoms with E-state index in [-0.39, 0.29) is 36.8 Å². The van der Waals surface area contributed by atoms with Crippen molar-refractivity contribution in [1.29, 1.82) is 0 Å². The average molecular weight is 429 g/mol. The van der Waals surface area contributed by atoms with E-state index in [0.717, 1.165) is 11.3 Å². The molecule has 0 radical (unpaired) electrons. The molecule has 0 bridgehead atoms. The molecule has 1 saturated heterocycles. The number of hydrogen-bond donors (Lipinski definition) is 0. The number of hydrogen-bond acceptors (Lipinski definition) is 7. The second kappa shape index (κ2) is 8.18. The molecule has 0 atom stereocenters. The molecule has 0 amide bonds. The number of rotatable bonds is 7. The monoisotopic (exact) mass is 428 g/mol. The van der Waals surface area contributed by atoms with Crippen LogP contribution in [0.5, 0.6) is 5.75 Å². The highest BCUT2D eigenvalue weighted by Gasteiger charge is 2.37. The first kappa shape index (κ1) is 20.7. The molecule has 0 N–H and O–H groups in total. The standard InChI is InChI=1S/C17H24N4O5S2/c1-20-13-18-19-17(20)28(24,25)16-7-10-21(11-8-16)27(22,23)12-9-14-3-5-15(26-2)6-4-14/h3-6,13,16H,7-12H2,1-2H3. The van der Waals surface area contributed by atoms with Gasteiger partial charge in [-0.15, -0.1) is 10.2 Å². The molecule has 11 heteroatoms. The van der Waals surface area contributed by atoms with Crippen molar-refractivity contribution in [2.75, 3.05) is 26.0 Å². The van der Waals surface area contributed by atoms with Crippen LogP contribution in [-0.2, 0) is 33.3 Å². The lowest BCUT2D eigenvalue weighted by atomic mass is 10.2. The van der Waals surface area contributed by atoms with Crippen LogP contribution in [0.25, 0.3) is 0 Å². The van der Waals surface area contributed by atoms with Crippen molar-refractivity contribution < 1.29 is 21.6 Å². The molecule has 1 fully saturated rings. The van der Waals surface area contributed by atoms with Crippen LogP contribution in [0, 0.1) is 0 Å².